The van der Waals surface area contributed by atoms with Gasteiger partial charge in [0.15, 0.2) is 0 Å². The zero-order valence-electron chi connectivity index (χ0n) is 12.7. The molecule has 0 aliphatic rings. The second kappa shape index (κ2) is 8.13. The zero-order chi connectivity index (χ0) is 17.5. The first-order valence-electron chi connectivity index (χ1n) is 7.23. The Morgan fingerprint density at radius 3 is 2.58 bits per heavy atom. The summed E-state index contributed by atoms with van der Waals surface area (Å²) in [6.07, 6.45) is 2.03. The van der Waals surface area contributed by atoms with Crippen LogP contribution in [0.3, 0.4) is 0 Å². The topological polar surface area (TPSA) is 86.0 Å². The molecule has 0 spiro atoms. The second-order valence-electron chi connectivity index (χ2n) is 5.21. The largest absolute Gasteiger partial charge is 0.396 e. The Hall–Kier alpha value is -2.85. The number of benzene rings is 1. The third kappa shape index (κ3) is 4.33. The summed E-state index contributed by atoms with van der Waals surface area (Å²) >= 11 is 0. The molecule has 2 rings (SSSR count). The average molecular weight is 331 g/mol. The highest BCUT2D eigenvalue weighted by atomic mass is 19.1. The lowest BCUT2D eigenvalue weighted by molar-refractivity contribution is 0.0931. The molecule has 1 unspecified atom stereocenters. The predicted molar refractivity (Wildman–Crippen MR) is 81.9 cm³/mol. The molecule has 1 heterocycles. The first-order valence-corrected chi connectivity index (χ1v) is 7.23. The van der Waals surface area contributed by atoms with Gasteiger partial charge in [0.2, 0.25) is 0 Å². The van der Waals surface area contributed by atoms with Gasteiger partial charge in [0.1, 0.15) is 17.2 Å². The van der Waals surface area contributed by atoms with E-state index in [1.165, 1.54) is 0 Å². The maximum Gasteiger partial charge on any atom is 0.257 e. The van der Waals surface area contributed by atoms with E-state index in [1.54, 1.807) is 30.5 Å². The van der Waals surface area contributed by atoms with Gasteiger partial charge in [0, 0.05) is 31.0 Å². The molecule has 0 fully saturated rings. The van der Waals surface area contributed by atoms with Crippen LogP contribution in [0, 0.1) is 28.9 Å². The van der Waals surface area contributed by atoms with Gasteiger partial charge in [-0.05, 0) is 30.7 Å². The van der Waals surface area contributed by atoms with E-state index in [2.05, 4.69) is 10.3 Å². The quantitative estimate of drug-likeness (QED) is 0.845. The zero-order valence-corrected chi connectivity index (χ0v) is 12.7. The van der Waals surface area contributed by atoms with Crippen molar-refractivity contribution in [1.82, 2.24) is 10.3 Å². The van der Waals surface area contributed by atoms with Gasteiger partial charge in [-0.3, -0.25) is 9.78 Å². The summed E-state index contributed by atoms with van der Waals surface area (Å²) < 4.78 is 27.6. The molecular weight excluding hydrogens is 316 g/mol. The fraction of sp³-hybridized carbons (Fsp3) is 0.235. The molecule has 124 valence electrons. The summed E-state index contributed by atoms with van der Waals surface area (Å²) in [5.41, 5.74) is -0.213. The third-order valence-corrected chi connectivity index (χ3v) is 3.43. The Kier molecular flexibility index (Phi) is 5.93. The molecule has 0 aliphatic carbocycles. The fourth-order valence-corrected chi connectivity index (χ4v) is 2.20. The molecular formula is C17H15F2N3O2. The number of nitrogens with one attached hydrogen (secondary N) is 1. The van der Waals surface area contributed by atoms with E-state index in [0.29, 0.717) is 6.42 Å². The van der Waals surface area contributed by atoms with Crippen LogP contribution >= 0.6 is 0 Å². The summed E-state index contributed by atoms with van der Waals surface area (Å²) in [7, 11) is 0. The lowest BCUT2D eigenvalue weighted by Gasteiger charge is -2.15. The number of aliphatic hydroxyl groups excluding tert-OH is 1. The van der Waals surface area contributed by atoms with Crippen molar-refractivity contribution in [3.05, 3.63) is 65.0 Å². The number of aromatic nitrogens is 1. The van der Waals surface area contributed by atoms with E-state index >= 15 is 0 Å². The highest BCUT2D eigenvalue weighted by molar-refractivity contribution is 5.94. The second-order valence-corrected chi connectivity index (χ2v) is 5.21. The van der Waals surface area contributed by atoms with Gasteiger partial charge >= 0.3 is 0 Å². The lowest BCUT2D eigenvalue weighted by atomic mass is 10.0. The lowest BCUT2D eigenvalue weighted by Crippen LogP contribution is -2.33. The Bertz CT molecular complexity index is 737. The molecule has 0 radical (unpaired) electrons. The van der Waals surface area contributed by atoms with Crippen LogP contribution in [0.5, 0.6) is 0 Å². The number of amides is 1. The van der Waals surface area contributed by atoms with E-state index in [0.717, 1.165) is 17.8 Å². The normalized spacial score (nSPS) is 11.6. The maximum absolute atomic E-state index is 13.8. The van der Waals surface area contributed by atoms with E-state index in [4.69, 9.17) is 5.26 Å². The standard InChI is InChI=1S/C17H15F2N3O2/c18-14-6-11(8-20)7-15(19)16(14)17(24)22-9-12(10-23)5-13-3-1-2-4-21-13/h1-4,6-7,12,23H,5,9-10H2,(H,22,24). The summed E-state index contributed by atoms with van der Waals surface area (Å²) in [5, 5.41) is 20.4. The molecule has 1 amide bonds. The van der Waals surface area contributed by atoms with Gasteiger partial charge in [-0.1, -0.05) is 6.07 Å². The highest BCUT2D eigenvalue weighted by Gasteiger charge is 2.20. The summed E-state index contributed by atoms with van der Waals surface area (Å²) in [6.45, 7) is -0.181. The van der Waals surface area contributed by atoms with Crippen LogP contribution in [0.4, 0.5) is 8.78 Å². The molecule has 5 nitrogen and oxygen atoms in total. The van der Waals surface area contributed by atoms with Crippen LogP contribution in [-0.4, -0.2) is 29.1 Å². The Morgan fingerprint density at radius 2 is 2.04 bits per heavy atom. The molecule has 1 atom stereocenters. The number of rotatable bonds is 6. The number of nitrogens with zero attached hydrogens (tertiary/aromatic N) is 2. The van der Waals surface area contributed by atoms with Crippen molar-refractivity contribution in [1.29, 1.82) is 5.26 Å². The van der Waals surface area contributed by atoms with Crippen LogP contribution in [0.1, 0.15) is 21.6 Å². The van der Waals surface area contributed by atoms with Crippen molar-refractivity contribution in [2.45, 2.75) is 6.42 Å². The van der Waals surface area contributed by atoms with E-state index < -0.39 is 23.1 Å². The van der Waals surface area contributed by atoms with Gasteiger partial charge < -0.3 is 10.4 Å². The maximum atomic E-state index is 13.8. The SMILES string of the molecule is N#Cc1cc(F)c(C(=O)NCC(CO)Cc2ccccn2)c(F)c1. The first-order chi connectivity index (χ1) is 11.5. The highest BCUT2D eigenvalue weighted by Crippen LogP contribution is 2.15. The Labute approximate surface area is 137 Å². The minimum atomic E-state index is -1.10. The Balaban J connectivity index is 2.03. The van der Waals surface area contributed by atoms with E-state index in [-0.39, 0.29) is 24.6 Å². The van der Waals surface area contributed by atoms with Gasteiger partial charge in [-0.25, -0.2) is 8.78 Å². The van der Waals surface area contributed by atoms with E-state index in [1.807, 2.05) is 0 Å². The van der Waals surface area contributed by atoms with Crippen molar-refractivity contribution >= 4 is 5.91 Å². The van der Waals surface area contributed by atoms with Crippen molar-refractivity contribution < 1.29 is 18.7 Å². The van der Waals surface area contributed by atoms with Crippen LogP contribution in [0.2, 0.25) is 0 Å². The number of halogens is 2. The van der Waals surface area contributed by atoms with Gasteiger partial charge in [0.25, 0.3) is 5.91 Å². The van der Waals surface area contributed by atoms with Crippen molar-refractivity contribution in [2.24, 2.45) is 5.92 Å². The van der Waals surface area contributed by atoms with Crippen molar-refractivity contribution in [3.63, 3.8) is 0 Å². The van der Waals surface area contributed by atoms with Crippen LogP contribution < -0.4 is 5.32 Å². The number of hydrogen-bond acceptors (Lipinski definition) is 4. The summed E-state index contributed by atoms with van der Waals surface area (Å²) in [4.78, 5) is 16.1. The molecule has 7 heteroatoms. The van der Waals surface area contributed by atoms with Crippen LogP contribution in [0.15, 0.2) is 36.5 Å². The molecule has 2 N–H and O–H groups in total. The van der Waals surface area contributed by atoms with Crippen LogP contribution in [-0.2, 0) is 6.42 Å². The third-order valence-electron chi connectivity index (χ3n) is 3.43. The van der Waals surface area contributed by atoms with E-state index in [9.17, 15) is 18.7 Å². The molecule has 1 aromatic heterocycles. The van der Waals surface area contributed by atoms with Gasteiger partial charge in [0.05, 0.1) is 11.6 Å². The molecule has 2 aromatic rings. The molecule has 1 aromatic carbocycles. The summed E-state index contributed by atoms with van der Waals surface area (Å²) in [5.74, 6) is -3.48. The minimum absolute atomic E-state index is 0.0325. The number of pyridine rings is 1. The summed E-state index contributed by atoms with van der Waals surface area (Å²) in [6, 6.07) is 8.56. The average Bonchev–Trinajstić information content (AvgIpc) is 2.58. The van der Waals surface area contributed by atoms with Crippen molar-refractivity contribution in [3.8, 4) is 6.07 Å². The number of nitriles is 1. The monoisotopic (exact) mass is 331 g/mol. The number of hydrogen-bond donors (Lipinski definition) is 2. The van der Waals surface area contributed by atoms with Crippen molar-refractivity contribution in [2.75, 3.05) is 13.2 Å². The fourth-order valence-electron chi connectivity index (χ4n) is 2.20. The molecule has 0 saturated heterocycles. The molecule has 24 heavy (non-hydrogen) atoms. The van der Waals surface area contributed by atoms with Crippen LogP contribution in [0.25, 0.3) is 0 Å². The molecule has 0 saturated carbocycles. The smallest absolute Gasteiger partial charge is 0.257 e. The van der Waals surface area contributed by atoms with Gasteiger partial charge in [-0.2, -0.15) is 5.26 Å². The number of carbonyl (C=O) groups is 1. The number of carbonyl (C=O) groups excluding carboxylic acids is 1. The van der Waals surface area contributed by atoms with Gasteiger partial charge in [-0.15, -0.1) is 0 Å². The Morgan fingerprint density at radius 1 is 1.33 bits per heavy atom. The molecule has 0 bridgehead atoms. The molecule has 0 aliphatic heterocycles. The minimum Gasteiger partial charge on any atom is -0.396 e. The first kappa shape index (κ1) is 17.5. The predicted octanol–water partition coefficient (Wildman–Crippen LogP) is 1.81. The number of aliphatic hydroxyl groups is 1.